The Bertz CT molecular complexity index is 3210. The standard InChI is InChI=1S/C60H64N4S8Si.2W/c1-5-9-13-17-21-39-23-29-47(65-39)49-33-31-45(67-49)41-25-27-43(57-55(41)61-71-63-57)51-37-53-59(69-51)60-54(73(53,35-19-15-11-7-3)36-20-16-12-8-4)38-52(70-60)44-28-26-42(56-58(44)64-72-62-56)46-32-34-50(68-46)48-30-24-40(66-48)22-18-14-10-6-2;;/h23-26,29-34,37-38H,5-22,35-36H2,1-4H3;;/q-2;;. The van der Waals surface area contributed by atoms with Crippen LogP contribution in [0, 0.1) is 12.1 Å². The number of unbranched alkanes of at least 4 members (excludes halogenated alkanes) is 12. The first-order valence-electron chi connectivity index (χ1n) is 27.0. The molecule has 0 spiro atoms. The fourth-order valence-corrected chi connectivity index (χ4v) is 25.9. The summed E-state index contributed by atoms with van der Waals surface area (Å²) in [6, 6.07) is 38.4. The van der Waals surface area contributed by atoms with Gasteiger partial charge in [0, 0.05) is 103 Å². The van der Waals surface area contributed by atoms with Crippen LogP contribution >= 0.6 is 91.5 Å². The summed E-state index contributed by atoms with van der Waals surface area (Å²) in [5.74, 6) is 0. The zero-order valence-corrected chi connectivity index (χ0v) is 56.8. The SMILES string of the molecule is CCCCCCc1ccc(-c2ccc(-c3c[c-]c(-c4cc5c(s4)-c4sc(-c6[c-]cc(-c7ccc(-c8ccc(CCCCCC)s8)s7)c7nsnc67)cc4[Si]5(CCCCCC)CCCCCC)c4nsnc34)s2)s1.[W].[W]. The molecule has 2 aromatic carbocycles. The van der Waals surface area contributed by atoms with Crippen LogP contribution in [-0.4, -0.2) is 25.6 Å². The summed E-state index contributed by atoms with van der Waals surface area (Å²) in [5, 5.41) is 3.32. The van der Waals surface area contributed by atoms with Crippen LogP contribution in [0.15, 0.2) is 72.8 Å². The monoisotopic (exact) mass is 1490 g/mol. The van der Waals surface area contributed by atoms with E-state index >= 15 is 0 Å². The van der Waals surface area contributed by atoms with E-state index in [-0.39, 0.29) is 42.1 Å². The molecule has 9 heterocycles. The third-order valence-corrected chi connectivity index (χ3v) is 29.0. The van der Waals surface area contributed by atoms with Crippen molar-refractivity contribution in [2.45, 2.75) is 155 Å². The number of nitrogens with zero attached hydrogens (tertiary/aromatic N) is 4. The third kappa shape index (κ3) is 12.2. The molecule has 10 aromatic rings. The van der Waals surface area contributed by atoms with E-state index < -0.39 is 8.07 Å². The average Bonchev–Trinajstić information content (AvgIpc) is 4.28. The maximum Gasteiger partial charge on any atom is 0.119 e. The molecule has 15 heteroatoms. The number of hydrogen-bond donors (Lipinski definition) is 0. The van der Waals surface area contributed by atoms with Crippen molar-refractivity contribution in [1.29, 1.82) is 0 Å². The second kappa shape index (κ2) is 26.9. The topological polar surface area (TPSA) is 51.6 Å². The Morgan fingerprint density at radius 3 is 1.19 bits per heavy atom. The smallest absolute Gasteiger partial charge is 0.119 e. The Kier molecular flexibility index (Phi) is 20.6. The van der Waals surface area contributed by atoms with Crippen molar-refractivity contribution >= 4 is 132 Å². The molecule has 0 aliphatic carbocycles. The Morgan fingerprint density at radius 2 is 0.760 bits per heavy atom. The van der Waals surface area contributed by atoms with Crippen molar-refractivity contribution in [2.24, 2.45) is 0 Å². The Labute approximate surface area is 507 Å². The molecular formula is C60H64N4S8SiW2-2. The van der Waals surface area contributed by atoms with Gasteiger partial charge in [-0.3, -0.25) is 0 Å². The molecule has 0 N–H and O–H groups in total. The first-order chi connectivity index (χ1) is 36.0. The van der Waals surface area contributed by atoms with E-state index in [4.69, 9.17) is 17.5 Å². The molecule has 1 aliphatic heterocycles. The Hall–Kier alpha value is -2.13. The van der Waals surface area contributed by atoms with Gasteiger partial charge >= 0.3 is 0 Å². The van der Waals surface area contributed by atoms with Crippen molar-refractivity contribution < 1.29 is 42.1 Å². The summed E-state index contributed by atoms with van der Waals surface area (Å²) < 4.78 is 20.1. The van der Waals surface area contributed by atoms with Crippen molar-refractivity contribution in [3.05, 3.63) is 94.7 Å². The molecule has 1 aliphatic rings. The molecule has 4 nitrogen and oxygen atoms in total. The average molecular weight is 1490 g/mol. The molecule has 0 saturated heterocycles. The first-order valence-corrected chi connectivity index (χ1v) is 35.8. The predicted octanol–water partition coefficient (Wildman–Crippen LogP) is 20.6. The van der Waals surface area contributed by atoms with Gasteiger partial charge in [0.2, 0.25) is 0 Å². The van der Waals surface area contributed by atoms with Crippen molar-refractivity contribution in [3.8, 4) is 71.0 Å². The third-order valence-electron chi connectivity index (χ3n) is 14.9. The minimum atomic E-state index is -2.18. The number of aromatic nitrogens is 4. The normalized spacial score (nSPS) is 12.7. The van der Waals surface area contributed by atoms with Gasteiger partial charge in [0.05, 0.1) is 23.5 Å². The summed E-state index contributed by atoms with van der Waals surface area (Å²) in [6.07, 6.45) is 23.0. The predicted molar refractivity (Wildman–Crippen MR) is 330 cm³/mol. The van der Waals surface area contributed by atoms with Crippen LogP contribution in [0.5, 0.6) is 0 Å². The van der Waals surface area contributed by atoms with Crippen molar-refractivity contribution in [1.82, 2.24) is 17.5 Å². The quantitative estimate of drug-likeness (QED) is 0.0308. The summed E-state index contributed by atoms with van der Waals surface area (Å²) >= 11 is 14.3. The fourth-order valence-electron chi connectivity index (χ4n) is 10.9. The molecule has 390 valence electrons. The van der Waals surface area contributed by atoms with E-state index in [2.05, 4.69) is 113 Å². The molecule has 0 radical (unpaired) electrons. The molecular weight excluding hydrogens is 1430 g/mol. The molecule has 0 saturated carbocycles. The number of hydrogen-bond acceptors (Lipinski definition) is 12. The molecule has 75 heavy (non-hydrogen) atoms. The number of fused-ring (bicyclic) bond motifs is 5. The van der Waals surface area contributed by atoms with E-state index in [9.17, 15) is 0 Å². The zero-order chi connectivity index (χ0) is 49.7. The van der Waals surface area contributed by atoms with Crippen molar-refractivity contribution in [3.63, 3.8) is 0 Å². The van der Waals surface area contributed by atoms with E-state index in [0.717, 1.165) is 44.3 Å². The molecule has 8 aromatic heterocycles. The molecule has 0 bridgehead atoms. The van der Waals surface area contributed by atoms with Crippen LogP contribution in [0.3, 0.4) is 0 Å². The molecule has 0 atom stereocenters. The largest absolute Gasteiger partial charge is 0.224 e. The molecule has 0 amide bonds. The van der Waals surface area contributed by atoms with Crippen LogP contribution in [0.4, 0.5) is 0 Å². The molecule has 0 unspecified atom stereocenters. The number of aryl methyl sites for hydroxylation is 2. The van der Waals surface area contributed by atoms with Gasteiger partial charge in [-0.1, -0.05) is 153 Å². The second-order valence-electron chi connectivity index (χ2n) is 20.0. The van der Waals surface area contributed by atoms with Gasteiger partial charge in [-0.2, -0.15) is 31.4 Å². The van der Waals surface area contributed by atoms with Gasteiger partial charge < -0.3 is 0 Å². The van der Waals surface area contributed by atoms with Gasteiger partial charge in [-0.15, -0.1) is 80.7 Å². The zero-order valence-electron chi connectivity index (χ0n) is 43.4. The molecule has 11 rings (SSSR count). The Morgan fingerprint density at radius 1 is 0.387 bits per heavy atom. The van der Waals surface area contributed by atoms with Gasteiger partial charge in [0.25, 0.3) is 0 Å². The maximum atomic E-state index is 5.04. The van der Waals surface area contributed by atoms with E-state index in [0.29, 0.717) is 0 Å². The van der Waals surface area contributed by atoms with Crippen LogP contribution in [0.2, 0.25) is 12.1 Å². The van der Waals surface area contributed by atoms with E-state index in [1.807, 2.05) is 68.0 Å². The van der Waals surface area contributed by atoms with Gasteiger partial charge in [-0.25, -0.2) is 8.75 Å². The minimum Gasteiger partial charge on any atom is -0.224 e. The van der Waals surface area contributed by atoms with E-state index in [1.54, 1.807) is 10.4 Å². The fraction of sp³-hybridized carbons (Fsp3) is 0.400. The van der Waals surface area contributed by atoms with Crippen molar-refractivity contribution in [2.75, 3.05) is 0 Å². The minimum absolute atomic E-state index is 0. The maximum absolute atomic E-state index is 5.04. The van der Waals surface area contributed by atoms with E-state index in [1.165, 1.54) is 210 Å². The second-order valence-corrected chi connectivity index (χ2v) is 31.9. The number of thiophene rings is 6. The van der Waals surface area contributed by atoms with Crippen LogP contribution in [-0.2, 0) is 55.0 Å². The summed E-state index contributed by atoms with van der Waals surface area (Å²) in [6.45, 7) is 9.25. The van der Waals surface area contributed by atoms with Gasteiger partial charge in [0.15, 0.2) is 0 Å². The van der Waals surface area contributed by atoms with Crippen LogP contribution in [0.25, 0.3) is 93.1 Å². The first kappa shape index (κ1) is 57.6. The van der Waals surface area contributed by atoms with Gasteiger partial charge in [-0.05, 0) is 104 Å². The Balaban J connectivity index is 0.00000344. The van der Waals surface area contributed by atoms with Crippen LogP contribution < -0.4 is 10.4 Å². The summed E-state index contributed by atoms with van der Waals surface area (Å²) in [5.41, 5.74) is 8.44. The summed E-state index contributed by atoms with van der Waals surface area (Å²) in [7, 11) is -2.18. The number of rotatable bonds is 26. The summed E-state index contributed by atoms with van der Waals surface area (Å²) in [4.78, 5) is 16.4. The number of benzene rings is 2. The van der Waals surface area contributed by atoms with Crippen LogP contribution in [0.1, 0.15) is 140 Å². The molecule has 0 fully saturated rings. The van der Waals surface area contributed by atoms with Gasteiger partial charge in [0.1, 0.15) is 8.07 Å².